The lowest BCUT2D eigenvalue weighted by Gasteiger charge is -2.36. The summed E-state index contributed by atoms with van der Waals surface area (Å²) in [5.41, 5.74) is 6.22. The Balaban J connectivity index is 2.32. The van der Waals surface area contributed by atoms with Crippen LogP contribution in [-0.4, -0.2) is 18.0 Å². The zero-order valence-electron chi connectivity index (χ0n) is 14.4. The molecule has 0 radical (unpaired) electrons. The van der Waals surface area contributed by atoms with Gasteiger partial charge in [-0.1, -0.05) is 62.4 Å². The molecular formula is C21H29N. The van der Waals surface area contributed by atoms with Gasteiger partial charge in [-0.3, -0.25) is 0 Å². The van der Waals surface area contributed by atoms with Crippen LogP contribution in [0.15, 0.2) is 49.2 Å². The number of hydrogen-bond acceptors (Lipinski definition) is 1. The molecule has 0 aromatic heterocycles. The molecule has 1 aromatic carbocycles. The number of benzene rings is 1. The maximum atomic E-state index is 4.42. The summed E-state index contributed by atoms with van der Waals surface area (Å²) in [7, 11) is 0. The fraction of sp³-hybridized carbons (Fsp3) is 0.429. The number of piperidine rings is 1. The van der Waals surface area contributed by atoms with Crippen LogP contribution in [0.25, 0.3) is 5.57 Å². The van der Waals surface area contributed by atoms with Crippen LogP contribution in [0.3, 0.4) is 0 Å². The second-order valence-corrected chi connectivity index (χ2v) is 6.44. The summed E-state index contributed by atoms with van der Waals surface area (Å²) in [5.74, 6) is 0.800. The zero-order chi connectivity index (χ0) is 16.1. The smallest absolute Gasteiger partial charge is 0.0373 e. The van der Waals surface area contributed by atoms with Crippen molar-refractivity contribution in [2.45, 2.75) is 40.0 Å². The van der Waals surface area contributed by atoms with Crippen molar-refractivity contribution in [3.05, 3.63) is 65.9 Å². The van der Waals surface area contributed by atoms with E-state index in [1.54, 1.807) is 0 Å². The highest BCUT2D eigenvalue weighted by Gasteiger charge is 2.22. The van der Waals surface area contributed by atoms with E-state index in [9.17, 15) is 0 Å². The summed E-state index contributed by atoms with van der Waals surface area (Å²) in [6.45, 7) is 17.2. The number of hydrogen-bond donors (Lipinski definition) is 0. The van der Waals surface area contributed by atoms with Gasteiger partial charge in [0.1, 0.15) is 0 Å². The summed E-state index contributed by atoms with van der Waals surface area (Å²) in [5, 5.41) is 0. The Kier molecular flexibility index (Phi) is 5.65. The van der Waals surface area contributed by atoms with Crippen LogP contribution in [0.2, 0.25) is 0 Å². The predicted octanol–water partition coefficient (Wildman–Crippen LogP) is 5.51. The Bertz CT molecular complexity index is 580. The molecule has 0 N–H and O–H groups in total. The Morgan fingerprint density at radius 3 is 2.82 bits per heavy atom. The molecule has 1 heteroatoms. The molecule has 0 aliphatic carbocycles. The van der Waals surface area contributed by atoms with Gasteiger partial charge in [0, 0.05) is 24.4 Å². The van der Waals surface area contributed by atoms with Gasteiger partial charge in [0.25, 0.3) is 0 Å². The highest BCUT2D eigenvalue weighted by Crippen LogP contribution is 2.31. The zero-order valence-corrected chi connectivity index (χ0v) is 14.4. The second kappa shape index (κ2) is 7.49. The summed E-state index contributed by atoms with van der Waals surface area (Å²) < 4.78 is 0. The first-order valence-electron chi connectivity index (χ1n) is 8.41. The second-order valence-electron chi connectivity index (χ2n) is 6.44. The maximum absolute atomic E-state index is 4.42. The van der Waals surface area contributed by atoms with Gasteiger partial charge < -0.3 is 4.90 Å². The highest BCUT2D eigenvalue weighted by molar-refractivity contribution is 5.80. The minimum absolute atomic E-state index is 0.800. The largest absolute Gasteiger partial charge is 0.371 e. The van der Waals surface area contributed by atoms with E-state index in [0.717, 1.165) is 24.7 Å². The number of nitrogens with zero attached hydrogens (tertiary/aromatic N) is 1. The Hall–Kier alpha value is -1.76. The number of aryl methyl sites for hydroxylation is 2. The summed E-state index contributed by atoms with van der Waals surface area (Å²) in [6.07, 6.45) is 7.87. The fourth-order valence-electron chi connectivity index (χ4n) is 3.30. The lowest BCUT2D eigenvalue weighted by Crippen LogP contribution is -2.34. The van der Waals surface area contributed by atoms with Crippen LogP contribution in [0, 0.1) is 19.8 Å². The van der Waals surface area contributed by atoms with Gasteiger partial charge in [-0.05, 0) is 43.7 Å². The minimum Gasteiger partial charge on any atom is -0.371 e. The minimum atomic E-state index is 0.800. The van der Waals surface area contributed by atoms with Gasteiger partial charge in [0.15, 0.2) is 0 Å². The standard InChI is InChI=1S/C21H29N/c1-6-9-20(21-14-16(3)11-12-17(21)4)18(5)22-13-8-10-19(7-2)15-22/h6,9,11-12,14,19H,1,5,7-8,10,13,15H2,2-4H3/b20-9-/t19-/m0/s1. The van der Waals surface area contributed by atoms with Crippen molar-refractivity contribution in [3.8, 4) is 0 Å². The van der Waals surface area contributed by atoms with E-state index in [-0.39, 0.29) is 0 Å². The molecule has 0 amide bonds. The summed E-state index contributed by atoms with van der Waals surface area (Å²) >= 11 is 0. The van der Waals surface area contributed by atoms with Crippen LogP contribution in [0.4, 0.5) is 0 Å². The number of likely N-dealkylation sites (tertiary alicyclic amines) is 1. The molecule has 1 aliphatic rings. The van der Waals surface area contributed by atoms with Crippen LogP contribution in [0.5, 0.6) is 0 Å². The van der Waals surface area contributed by atoms with Crippen molar-refractivity contribution in [3.63, 3.8) is 0 Å². The number of rotatable bonds is 5. The Morgan fingerprint density at radius 2 is 2.14 bits per heavy atom. The monoisotopic (exact) mass is 295 g/mol. The molecule has 1 aliphatic heterocycles. The van der Waals surface area contributed by atoms with Gasteiger partial charge >= 0.3 is 0 Å². The van der Waals surface area contributed by atoms with Gasteiger partial charge in [-0.15, -0.1) is 0 Å². The van der Waals surface area contributed by atoms with Crippen molar-refractivity contribution in [1.82, 2.24) is 4.90 Å². The third-order valence-corrected chi connectivity index (χ3v) is 4.76. The van der Waals surface area contributed by atoms with Crippen LogP contribution >= 0.6 is 0 Å². The fourth-order valence-corrected chi connectivity index (χ4v) is 3.30. The third kappa shape index (κ3) is 3.71. The molecule has 1 saturated heterocycles. The van der Waals surface area contributed by atoms with Crippen molar-refractivity contribution in [2.24, 2.45) is 5.92 Å². The summed E-state index contributed by atoms with van der Waals surface area (Å²) in [6, 6.07) is 6.62. The van der Waals surface area contributed by atoms with Gasteiger partial charge in [0.05, 0.1) is 0 Å². The molecule has 1 nitrogen and oxygen atoms in total. The normalized spacial score (nSPS) is 19.1. The SMILES string of the molecule is C=C/C=C(/C(=C)N1CCC[C@H](CC)C1)c1cc(C)ccc1C. The van der Waals surface area contributed by atoms with Crippen molar-refractivity contribution in [1.29, 1.82) is 0 Å². The van der Waals surface area contributed by atoms with Gasteiger partial charge in [-0.2, -0.15) is 0 Å². The molecule has 1 fully saturated rings. The van der Waals surface area contributed by atoms with Gasteiger partial charge in [-0.25, -0.2) is 0 Å². The van der Waals surface area contributed by atoms with Crippen LogP contribution < -0.4 is 0 Å². The van der Waals surface area contributed by atoms with Crippen molar-refractivity contribution in [2.75, 3.05) is 13.1 Å². The predicted molar refractivity (Wildman–Crippen MR) is 97.8 cm³/mol. The molecule has 22 heavy (non-hydrogen) atoms. The first-order chi connectivity index (χ1) is 10.6. The highest BCUT2D eigenvalue weighted by atomic mass is 15.1. The van der Waals surface area contributed by atoms with E-state index < -0.39 is 0 Å². The molecule has 0 bridgehead atoms. The molecule has 1 aromatic rings. The molecular weight excluding hydrogens is 266 g/mol. The average molecular weight is 295 g/mol. The maximum Gasteiger partial charge on any atom is 0.0373 e. The molecule has 0 spiro atoms. The van der Waals surface area contributed by atoms with E-state index in [0.29, 0.717) is 0 Å². The molecule has 0 unspecified atom stereocenters. The molecule has 2 rings (SSSR count). The topological polar surface area (TPSA) is 3.24 Å². The first-order valence-corrected chi connectivity index (χ1v) is 8.41. The molecule has 0 saturated carbocycles. The van der Waals surface area contributed by atoms with Gasteiger partial charge in [0.2, 0.25) is 0 Å². The van der Waals surface area contributed by atoms with E-state index in [4.69, 9.17) is 0 Å². The van der Waals surface area contributed by atoms with E-state index in [2.05, 4.69) is 63.1 Å². The van der Waals surface area contributed by atoms with Crippen LogP contribution in [-0.2, 0) is 0 Å². The van der Waals surface area contributed by atoms with E-state index in [1.165, 1.54) is 41.5 Å². The molecule has 118 valence electrons. The average Bonchev–Trinajstić information content (AvgIpc) is 2.54. The lowest BCUT2D eigenvalue weighted by molar-refractivity contribution is 0.221. The lowest BCUT2D eigenvalue weighted by atomic mass is 9.92. The van der Waals surface area contributed by atoms with Crippen LogP contribution in [0.1, 0.15) is 42.9 Å². The quantitative estimate of drug-likeness (QED) is 0.647. The number of allylic oxidation sites excluding steroid dienone is 3. The first kappa shape index (κ1) is 16.6. The Labute approximate surface area is 136 Å². The molecule has 1 heterocycles. The van der Waals surface area contributed by atoms with Crippen molar-refractivity contribution < 1.29 is 0 Å². The van der Waals surface area contributed by atoms with E-state index in [1.807, 2.05) is 6.08 Å². The summed E-state index contributed by atoms with van der Waals surface area (Å²) in [4.78, 5) is 2.47. The Morgan fingerprint density at radius 1 is 1.36 bits per heavy atom. The van der Waals surface area contributed by atoms with Crippen molar-refractivity contribution >= 4 is 5.57 Å². The third-order valence-electron chi connectivity index (χ3n) is 4.76. The van der Waals surface area contributed by atoms with E-state index >= 15 is 0 Å². The molecule has 1 atom stereocenters.